The van der Waals surface area contributed by atoms with E-state index in [-0.39, 0.29) is 11.5 Å². The molecule has 0 radical (unpaired) electrons. The molecule has 0 atom stereocenters. The van der Waals surface area contributed by atoms with Gasteiger partial charge >= 0.3 is 0 Å². The van der Waals surface area contributed by atoms with E-state index in [0.717, 1.165) is 10.6 Å². The lowest BCUT2D eigenvalue weighted by molar-refractivity contribution is 0.0714. The van der Waals surface area contributed by atoms with E-state index < -0.39 is 0 Å². The number of hydrogen-bond donors (Lipinski definition) is 0. The summed E-state index contributed by atoms with van der Waals surface area (Å²) in [4.78, 5) is 34.0. The van der Waals surface area contributed by atoms with Crippen molar-refractivity contribution in [2.75, 3.05) is 31.1 Å². The average molecular weight is 407 g/mol. The number of furan rings is 1. The maximum absolute atomic E-state index is 12.6. The number of hydrogen-bond acceptors (Lipinski definition) is 7. The number of carbonyl (C=O) groups excluding carboxylic acids is 1. The summed E-state index contributed by atoms with van der Waals surface area (Å²) in [5.41, 5.74) is 0.742. The lowest BCUT2D eigenvalue weighted by Gasteiger charge is -2.34. The lowest BCUT2D eigenvalue weighted by atomic mass is 10.2. The van der Waals surface area contributed by atoms with Gasteiger partial charge in [-0.25, -0.2) is 4.98 Å². The number of anilines is 1. The summed E-state index contributed by atoms with van der Waals surface area (Å²) >= 11 is 1.38. The Morgan fingerprint density at radius 2 is 1.83 bits per heavy atom. The molecule has 9 heteroatoms. The zero-order valence-corrected chi connectivity index (χ0v) is 16.2. The summed E-state index contributed by atoms with van der Waals surface area (Å²) in [7, 11) is 0. The van der Waals surface area contributed by atoms with Crippen LogP contribution in [0.3, 0.4) is 0 Å². The molecule has 4 aromatic rings. The summed E-state index contributed by atoms with van der Waals surface area (Å²) in [5, 5.41) is 5.16. The molecule has 1 aliphatic heterocycles. The van der Waals surface area contributed by atoms with Gasteiger partial charge < -0.3 is 14.2 Å². The Morgan fingerprint density at radius 3 is 2.55 bits per heavy atom. The Morgan fingerprint density at radius 1 is 1.03 bits per heavy atom. The van der Waals surface area contributed by atoms with Crippen LogP contribution in [-0.2, 0) is 0 Å². The molecule has 1 fully saturated rings. The Labute approximate surface area is 169 Å². The van der Waals surface area contributed by atoms with Crippen LogP contribution in [0.25, 0.3) is 15.5 Å². The largest absolute Gasteiger partial charge is 0.459 e. The zero-order chi connectivity index (χ0) is 19.8. The van der Waals surface area contributed by atoms with Crippen LogP contribution in [0.5, 0.6) is 0 Å². The molecule has 146 valence electrons. The van der Waals surface area contributed by atoms with Crippen LogP contribution in [0.2, 0.25) is 0 Å². The van der Waals surface area contributed by atoms with Crippen LogP contribution in [-0.4, -0.2) is 51.6 Å². The summed E-state index contributed by atoms with van der Waals surface area (Å²) in [5.74, 6) is 0.839. The molecular weight excluding hydrogens is 390 g/mol. The molecule has 4 heterocycles. The van der Waals surface area contributed by atoms with E-state index in [1.165, 1.54) is 28.2 Å². The smallest absolute Gasteiger partial charge is 0.289 e. The van der Waals surface area contributed by atoms with Gasteiger partial charge in [0.1, 0.15) is 10.8 Å². The third-order valence-corrected chi connectivity index (χ3v) is 5.83. The molecule has 0 aliphatic carbocycles. The van der Waals surface area contributed by atoms with E-state index in [1.54, 1.807) is 17.0 Å². The van der Waals surface area contributed by atoms with Gasteiger partial charge in [0, 0.05) is 37.8 Å². The van der Waals surface area contributed by atoms with Crippen LogP contribution in [0.15, 0.2) is 64.0 Å². The molecular formula is C20H17N5O3S. The number of benzene rings is 1. The highest BCUT2D eigenvalue weighted by molar-refractivity contribution is 7.19. The molecule has 29 heavy (non-hydrogen) atoms. The number of nitrogens with zero attached hydrogens (tertiary/aromatic N) is 5. The number of carbonyl (C=O) groups is 1. The molecule has 1 amide bonds. The third-order valence-electron chi connectivity index (χ3n) is 4.88. The van der Waals surface area contributed by atoms with Gasteiger partial charge in [-0.2, -0.15) is 9.61 Å². The first-order chi connectivity index (χ1) is 14.2. The fourth-order valence-corrected chi connectivity index (χ4v) is 4.26. The van der Waals surface area contributed by atoms with Gasteiger partial charge in [0.2, 0.25) is 4.96 Å². The first-order valence-electron chi connectivity index (χ1n) is 9.23. The quantitative estimate of drug-likeness (QED) is 0.518. The lowest BCUT2D eigenvalue weighted by Crippen LogP contribution is -2.49. The van der Waals surface area contributed by atoms with Crippen molar-refractivity contribution in [2.45, 2.75) is 0 Å². The molecule has 1 aliphatic rings. The second-order valence-corrected chi connectivity index (χ2v) is 7.63. The molecule has 0 unspecified atom stereocenters. The van der Waals surface area contributed by atoms with Crippen molar-refractivity contribution in [2.24, 2.45) is 0 Å². The second-order valence-electron chi connectivity index (χ2n) is 6.68. The standard InChI is InChI=1S/C20H17N5O3S/c26-17-13-16(21-20-25(17)22-18(29-20)14-5-2-1-3-6-14)23-8-10-24(11-9-23)19(27)15-7-4-12-28-15/h1-7,12-13H,8-11H2. The van der Waals surface area contributed by atoms with Crippen LogP contribution < -0.4 is 10.5 Å². The van der Waals surface area contributed by atoms with Gasteiger partial charge in [0.05, 0.1) is 6.26 Å². The predicted octanol–water partition coefficient (Wildman–Crippen LogP) is 2.37. The minimum Gasteiger partial charge on any atom is -0.459 e. The molecule has 1 saturated heterocycles. The highest BCUT2D eigenvalue weighted by Gasteiger charge is 2.25. The zero-order valence-electron chi connectivity index (χ0n) is 15.4. The molecule has 1 aromatic carbocycles. The fourth-order valence-electron chi connectivity index (χ4n) is 3.35. The van der Waals surface area contributed by atoms with Gasteiger partial charge in [-0.15, -0.1) is 0 Å². The first kappa shape index (κ1) is 17.6. The summed E-state index contributed by atoms with van der Waals surface area (Å²) in [6.07, 6.45) is 1.49. The van der Waals surface area contributed by atoms with Crippen LogP contribution in [0.4, 0.5) is 5.82 Å². The van der Waals surface area contributed by atoms with Crippen LogP contribution >= 0.6 is 11.3 Å². The second kappa shape index (κ2) is 7.17. The summed E-state index contributed by atoms with van der Waals surface area (Å²) in [6, 6.07) is 14.6. The molecule has 5 rings (SSSR count). The Hall–Kier alpha value is -3.46. The van der Waals surface area contributed by atoms with Crippen molar-refractivity contribution in [1.29, 1.82) is 0 Å². The molecule has 3 aromatic heterocycles. The van der Waals surface area contributed by atoms with E-state index >= 15 is 0 Å². The molecule has 0 N–H and O–H groups in total. The monoisotopic (exact) mass is 407 g/mol. The van der Waals surface area contributed by atoms with Crippen molar-refractivity contribution in [1.82, 2.24) is 19.5 Å². The van der Waals surface area contributed by atoms with E-state index in [2.05, 4.69) is 10.1 Å². The fraction of sp³-hybridized carbons (Fsp3) is 0.200. The van der Waals surface area contributed by atoms with E-state index in [1.807, 2.05) is 35.2 Å². The van der Waals surface area contributed by atoms with Gasteiger partial charge in [-0.1, -0.05) is 41.7 Å². The average Bonchev–Trinajstić information content (AvgIpc) is 3.44. The highest BCUT2D eigenvalue weighted by Crippen LogP contribution is 2.25. The van der Waals surface area contributed by atoms with Crippen LogP contribution in [0, 0.1) is 0 Å². The number of piperazine rings is 1. The Bertz CT molecular complexity index is 1210. The summed E-state index contributed by atoms with van der Waals surface area (Å²) in [6.45, 7) is 2.27. The highest BCUT2D eigenvalue weighted by atomic mass is 32.1. The van der Waals surface area contributed by atoms with E-state index in [4.69, 9.17) is 4.42 Å². The van der Waals surface area contributed by atoms with Crippen molar-refractivity contribution >= 4 is 28.0 Å². The van der Waals surface area contributed by atoms with Crippen molar-refractivity contribution < 1.29 is 9.21 Å². The minimum atomic E-state index is -0.211. The first-order valence-corrected chi connectivity index (χ1v) is 10.0. The van der Waals surface area contributed by atoms with Crippen molar-refractivity contribution in [3.8, 4) is 10.6 Å². The Balaban J connectivity index is 1.37. The predicted molar refractivity (Wildman–Crippen MR) is 109 cm³/mol. The van der Waals surface area contributed by atoms with Crippen LogP contribution in [0.1, 0.15) is 10.6 Å². The van der Waals surface area contributed by atoms with Gasteiger partial charge in [0.15, 0.2) is 5.76 Å². The number of fused-ring (bicyclic) bond motifs is 1. The summed E-state index contributed by atoms with van der Waals surface area (Å²) < 4.78 is 6.54. The number of aromatic nitrogens is 3. The third kappa shape index (κ3) is 3.29. The molecule has 0 spiro atoms. The molecule has 8 nitrogen and oxygen atoms in total. The SMILES string of the molecule is O=C(c1ccco1)N1CCN(c2cc(=O)n3nc(-c4ccccc4)sc3n2)CC1. The van der Waals surface area contributed by atoms with Gasteiger partial charge in [-0.05, 0) is 12.1 Å². The van der Waals surface area contributed by atoms with E-state index in [0.29, 0.717) is 42.7 Å². The number of rotatable bonds is 3. The van der Waals surface area contributed by atoms with Gasteiger partial charge in [0.25, 0.3) is 11.5 Å². The van der Waals surface area contributed by atoms with Crippen molar-refractivity contribution in [3.63, 3.8) is 0 Å². The normalized spacial score (nSPS) is 14.5. The van der Waals surface area contributed by atoms with Crippen molar-refractivity contribution in [3.05, 3.63) is 70.9 Å². The molecule has 0 saturated carbocycles. The number of amides is 1. The van der Waals surface area contributed by atoms with Gasteiger partial charge in [-0.3, -0.25) is 9.59 Å². The Kier molecular flexibility index (Phi) is 4.36. The topological polar surface area (TPSA) is 84.0 Å². The molecule has 0 bridgehead atoms. The van der Waals surface area contributed by atoms with E-state index in [9.17, 15) is 9.59 Å². The maximum Gasteiger partial charge on any atom is 0.289 e. The minimum absolute atomic E-state index is 0.118. The maximum atomic E-state index is 12.6.